The van der Waals surface area contributed by atoms with Crippen LogP contribution < -0.4 is 15.8 Å². The smallest absolute Gasteiger partial charge is 0.341 e. The van der Waals surface area contributed by atoms with Crippen LogP contribution >= 0.6 is 11.3 Å². The van der Waals surface area contributed by atoms with E-state index in [0.29, 0.717) is 23.5 Å². The molecule has 0 aliphatic rings. The standard InChI is InChI=1S/C20H27N3O4S/c1-6-27-20(25)16-14(17(19(24)22-3)28-18(16)21)11-23(4)10-13-9-12(2)7-8-15(13)26-5/h7-9H,6,10-11,21H2,1-5H3,(H,22,24). The fourth-order valence-electron chi connectivity index (χ4n) is 3.01. The predicted molar refractivity (Wildman–Crippen MR) is 111 cm³/mol. The second-order valence-electron chi connectivity index (χ2n) is 6.44. The molecule has 0 radical (unpaired) electrons. The molecule has 152 valence electrons. The van der Waals surface area contributed by atoms with Gasteiger partial charge in [0.1, 0.15) is 10.8 Å². The molecule has 2 rings (SSSR count). The number of nitrogens with two attached hydrogens (primary N) is 1. The van der Waals surface area contributed by atoms with Crippen molar-refractivity contribution in [3.8, 4) is 5.75 Å². The van der Waals surface area contributed by atoms with Crippen LogP contribution in [0.25, 0.3) is 0 Å². The Morgan fingerprint density at radius 3 is 2.61 bits per heavy atom. The molecule has 0 atom stereocenters. The van der Waals surface area contributed by atoms with E-state index in [1.165, 1.54) is 0 Å². The topological polar surface area (TPSA) is 93.9 Å². The lowest BCUT2D eigenvalue weighted by atomic mass is 10.1. The highest BCUT2D eigenvalue weighted by Gasteiger charge is 2.27. The van der Waals surface area contributed by atoms with E-state index >= 15 is 0 Å². The summed E-state index contributed by atoms with van der Waals surface area (Å²) in [4.78, 5) is 27.2. The maximum Gasteiger partial charge on any atom is 0.341 e. The Hall–Kier alpha value is -2.58. The van der Waals surface area contributed by atoms with Gasteiger partial charge in [-0.05, 0) is 27.0 Å². The Kier molecular flexibility index (Phi) is 7.42. The summed E-state index contributed by atoms with van der Waals surface area (Å²) < 4.78 is 10.6. The first kappa shape index (κ1) is 21.7. The van der Waals surface area contributed by atoms with Crippen molar-refractivity contribution < 1.29 is 19.1 Å². The molecule has 8 heteroatoms. The number of hydrogen-bond donors (Lipinski definition) is 2. The van der Waals surface area contributed by atoms with Gasteiger partial charge in [0.2, 0.25) is 0 Å². The van der Waals surface area contributed by atoms with E-state index in [2.05, 4.69) is 11.4 Å². The van der Waals surface area contributed by atoms with Crippen LogP contribution in [0.15, 0.2) is 18.2 Å². The molecule has 1 heterocycles. The number of nitrogens with zero attached hydrogens (tertiary/aromatic N) is 1. The first-order chi connectivity index (χ1) is 13.3. The predicted octanol–water partition coefficient (Wildman–Crippen LogP) is 2.82. The minimum atomic E-state index is -0.511. The van der Waals surface area contributed by atoms with Crippen LogP contribution in [-0.4, -0.2) is 44.6 Å². The zero-order valence-corrected chi connectivity index (χ0v) is 17.7. The highest BCUT2D eigenvalue weighted by molar-refractivity contribution is 7.18. The number of nitrogen functional groups attached to an aromatic ring is 1. The van der Waals surface area contributed by atoms with Gasteiger partial charge in [0.15, 0.2) is 0 Å². The zero-order chi connectivity index (χ0) is 20.8. The number of esters is 1. The van der Waals surface area contributed by atoms with E-state index < -0.39 is 5.97 Å². The number of carbonyl (C=O) groups is 2. The number of rotatable bonds is 8. The van der Waals surface area contributed by atoms with Crippen molar-refractivity contribution in [1.29, 1.82) is 0 Å². The summed E-state index contributed by atoms with van der Waals surface area (Å²) in [6.07, 6.45) is 0. The molecule has 0 saturated heterocycles. The van der Waals surface area contributed by atoms with Gasteiger partial charge in [0.25, 0.3) is 5.91 Å². The van der Waals surface area contributed by atoms with Gasteiger partial charge < -0.3 is 20.5 Å². The van der Waals surface area contributed by atoms with Gasteiger partial charge in [0, 0.05) is 31.3 Å². The summed E-state index contributed by atoms with van der Waals surface area (Å²) in [5.74, 6) is 0.00569. The van der Waals surface area contributed by atoms with Crippen LogP contribution in [0, 0.1) is 6.92 Å². The van der Waals surface area contributed by atoms with E-state index in [1.54, 1.807) is 21.1 Å². The molecule has 0 saturated carbocycles. The lowest BCUT2D eigenvalue weighted by Gasteiger charge is -2.20. The first-order valence-electron chi connectivity index (χ1n) is 8.94. The molecule has 7 nitrogen and oxygen atoms in total. The van der Waals surface area contributed by atoms with Crippen LogP contribution in [0.3, 0.4) is 0 Å². The zero-order valence-electron chi connectivity index (χ0n) is 16.9. The highest BCUT2D eigenvalue weighted by Crippen LogP contribution is 2.33. The number of anilines is 1. The van der Waals surface area contributed by atoms with Crippen molar-refractivity contribution in [3.05, 3.63) is 45.3 Å². The molecule has 1 amide bonds. The number of hydrogen-bond acceptors (Lipinski definition) is 7. The first-order valence-corrected chi connectivity index (χ1v) is 9.76. The number of ether oxygens (including phenoxy) is 2. The quantitative estimate of drug-likeness (QED) is 0.656. The Morgan fingerprint density at radius 1 is 1.29 bits per heavy atom. The van der Waals surface area contributed by atoms with Crippen LogP contribution in [-0.2, 0) is 17.8 Å². The summed E-state index contributed by atoms with van der Waals surface area (Å²) in [5.41, 5.74) is 9.06. The summed E-state index contributed by atoms with van der Waals surface area (Å²) in [6, 6.07) is 5.98. The van der Waals surface area contributed by atoms with Gasteiger partial charge in [0.05, 0.1) is 24.2 Å². The molecule has 0 unspecified atom stereocenters. The third-order valence-corrected chi connectivity index (χ3v) is 5.31. The normalized spacial score (nSPS) is 10.8. The van der Waals surface area contributed by atoms with Crippen molar-refractivity contribution >= 4 is 28.2 Å². The Balaban J connectivity index is 2.37. The van der Waals surface area contributed by atoms with E-state index in [4.69, 9.17) is 15.2 Å². The summed E-state index contributed by atoms with van der Waals surface area (Å²) in [6.45, 7) is 4.93. The molecule has 3 N–H and O–H groups in total. The molecule has 1 aromatic carbocycles. The highest BCUT2D eigenvalue weighted by atomic mass is 32.1. The third-order valence-electron chi connectivity index (χ3n) is 4.25. The molecule has 0 fully saturated rings. The summed E-state index contributed by atoms with van der Waals surface area (Å²) in [5, 5.41) is 2.89. The molecular weight excluding hydrogens is 378 g/mol. The number of benzene rings is 1. The number of carbonyl (C=O) groups excluding carboxylic acids is 2. The van der Waals surface area contributed by atoms with E-state index in [0.717, 1.165) is 28.2 Å². The average Bonchev–Trinajstić information content (AvgIpc) is 2.97. The number of thiophene rings is 1. The van der Waals surface area contributed by atoms with Crippen LogP contribution in [0.5, 0.6) is 5.75 Å². The minimum absolute atomic E-state index is 0.235. The third kappa shape index (κ3) is 4.82. The largest absolute Gasteiger partial charge is 0.496 e. The van der Waals surface area contributed by atoms with Gasteiger partial charge in [-0.15, -0.1) is 11.3 Å². The summed E-state index contributed by atoms with van der Waals surface area (Å²) in [7, 11) is 5.10. The molecule has 28 heavy (non-hydrogen) atoms. The van der Waals surface area contributed by atoms with Crippen molar-refractivity contribution in [1.82, 2.24) is 10.2 Å². The van der Waals surface area contributed by atoms with Crippen LogP contribution in [0.1, 0.15) is 43.6 Å². The number of amides is 1. The van der Waals surface area contributed by atoms with E-state index in [-0.39, 0.29) is 23.1 Å². The maximum absolute atomic E-state index is 12.4. The Bertz CT molecular complexity index is 863. The molecular formula is C20H27N3O4S. The molecule has 1 aromatic heterocycles. The van der Waals surface area contributed by atoms with Gasteiger partial charge in [-0.25, -0.2) is 4.79 Å². The van der Waals surface area contributed by atoms with Gasteiger partial charge in [-0.3, -0.25) is 9.69 Å². The fraction of sp³-hybridized carbons (Fsp3) is 0.400. The van der Waals surface area contributed by atoms with Crippen molar-refractivity contribution in [3.63, 3.8) is 0 Å². The lowest BCUT2D eigenvalue weighted by molar-refractivity contribution is 0.0526. The van der Waals surface area contributed by atoms with E-state index in [1.807, 2.05) is 31.0 Å². The summed E-state index contributed by atoms with van der Waals surface area (Å²) >= 11 is 1.10. The van der Waals surface area contributed by atoms with Crippen molar-refractivity contribution in [2.24, 2.45) is 0 Å². The minimum Gasteiger partial charge on any atom is -0.496 e. The van der Waals surface area contributed by atoms with E-state index in [9.17, 15) is 9.59 Å². The number of nitrogens with one attached hydrogen (secondary N) is 1. The number of aryl methyl sites for hydroxylation is 1. The van der Waals surface area contributed by atoms with Crippen molar-refractivity contribution in [2.45, 2.75) is 26.9 Å². The average molecular weight is 406 g/mol. The van der Waals surface area contributed by atoms with Gasteiger partial charge in [-0.2, -0.15) is 0 Å². The van der Waals surface area contributed by atoms with Crippen LogP contribution in [0.4, 0.5) is 5.00 Å². The van der Waals surface area contributed by atoms with Gasteiger partial charge >= 0.3 is 5.97 Å². The molecule has 0 aliphatic carbocycles. The van der Waals surface area contributed by atoms with Crippen LogP contribution in [0.2, 0.25) is 0 Å². The van der Waals surface area contributed by atoms with Crippen molar-refractivity contribution in [2.75, 3.05) is 33.5 Å². The molecule has 0 bridgehead atoms. The lowest BCUT2D eigenvalue weighted by Crippen LogP contribution is -2.24. The Labute approximate surface area is 169 Å². The van der Waals surface area contributed by atoms with Gasteiger partial charge in [-0.1, -0.05) is 17.7 Å². The molecule has 0 aliphatic heterocycles. The monoisotopic (exact) mass is 405 g/mol. The maximum atomic E-state index is 12.4. The SMILES string of the molecule is CCOC(=O)c1c(N)sc(C(=O)NC)c1CN(C)Cc1cc(C)ccc1OC. The Morgan fingerprint density at radius 2 is 2.00 bits per heavy atom. The second kappa shape index (κ2) is 9.57. The second-order valence-corrected chi connectivity index (χ2v) is 7.49. The fourth-order valence-corrected chi connectivity index (χ4v) is 4.02. The number of methoxy groups -OCH3 is 1. The molecule has 2 aromatic rings. The molecule has 0 spiro atoms.